The Bertz CT molecular complexity index is 1740. The summed E-state index contributed by atoms with van der Waals surface area (Å²) in [5, 5.41) is 16.2. The Balaban J connectivity index is 1.91. The maximum atomic E-state index is 12.6. The van der Waals surface area contributed by atoms with Gasteiger partial charge in [-0.05, 0) is 75.4 Å². The van der Waals surface area contributed by atoms with E-state index in [2.05, 4.69) is 138 Å². The Hall–Kier alpha value is -3.37. The summed E-state index contributed by atoms with van der Waals surface area (Å²) in [6, 6.07) is 13.1. The average Bonchev–Trinajstić information content (AvgIpc) is 3.67. The number of aromatic amines is 1. The molecule has 0 radical (unpaired) electrons. The standard InChI is InChI=1S/C46H73N5O4/c1-15-24-50(18-4)43(45(10,16-2)42(32(6)52)55-33(7)53)44(8,9)37-26-34(41(54-14)28-40(37)49(12)13)27-39-36(35-21-19-20-22-38(35)48-39)23-25-51-30-31(5)29-46(51,17-3)47-11/h15,19-22,26,28,31-32,42-43,47-48,52H,1,16-18,23-25,27,29-30H2,2-14H3/t31?,32?,42?,43?,45-,46?/m1/s1. The third-order valence-corrected chi connectivity index (χ3v) is 12.9. The third-order valence-electron chi connectivity index (χ3n) is 12.9. The molecule has 0 amide bonds. The molecule has 1 aromatic heterocycles. The topological polar surface area (TPSA) is 93.3 Å². The SMILES string of the molecule is C=CCN(CC)C(C(C)(C)c1cc(Cc2[nH]c3ccccc3c2CCN2CC(C)CC2(CC)NC)c(OC)cc1N(C)C)[C@](C)(CC)C(OC(C)=O)C(C)O. The molecule has 3 N–H and O–H groups in total. The maximum Gasteiger partial charge on any atom is 0.303 e. The number of benzene rings is 2. The van der Waals surface area contributed by atoms with Gasteiger partial charge in [0.15, 0.2) is 0 Å². The number of nitrogens with zero attached hydrogens (tertiary/aromatic N) is 3. The summed E-state index contributed by atoms with van der Waals surface area (Å²) < 4.78 is 12.2. The number of aliphatic hydroxyl groups is 1. The first-order valence-electron chi connectivity index (χ1n) is 20.6. The van der Waals surface area contributed by atoms with E-state index in [-0.39, 0.29) is 11.7 Å². The number of fused-ring (bicyclic) bond motifs is 1. The highest BCUT2D eigenvalue weighted by molar-refractivity contribution is 5.85. The quantitative estimate of drug-likeness (QED) is 0.0791. The van der Waals surface area contributed by atoms with Crippen molar-refractivity contribution in [2.45, 2.75) is 124 Å². The second kappa shape index (κ2) is 18.3. The maximum absolute atomic E-state index is 12.6. The van der Waals surface area contributed by atoms with Gasteiger partial charge >= 0.3 is 5.97 Å². The summed E-state index contributed by atoms with van der Waals surface area (Å²) >= 11 is 0. The number of ether oxygens (including phenoxy) is 2. The molecule has 1 fully saturated rings. The van der Waals surface area contributed by atoms with Gasteiger partial charge in [0.1, 0.15) is 11.9 Å². The second-order valence-corrected chi connectivity index (χ2v) is 17.2. The van der Waals surface area contributed by atoms with Gasteiger partial charge in [-0.3, -0.25) is 14.6 Å². The van der Waals surface area contributed by atoms with E-state index in [4.69, 9.17) is 9.47 Å². The number of aromatic nitrogens is 1. The number of hydrogen-bond acceptors (Lipinski definition) is 8. The molecule has 0 saturated carbocycles. The second-order valence-electron chi connectivity index (χ2n) is 17.2. The van der Waals surface area contributed by atoms with Gasteiger partial charge in [0, 0.05) is 97.9 Å². The summed E-state index contributed by atoms with van der Waals surface area (Å²) in [7, 11) is 8.03. The van der Waals surface area contributed by atoms with Crippen LogP contribution < -0.4 is 15.0 Å². The number of methoxy groups -OCH3 is 1. The molecule has 306 valence electrons. The van der Waals surface area contributed by atoms with Gasteiger partial charge < -0.3 is 29.8 Å². The number of esters is 1. The zero-order chi connectivity index (χ0) is 40.9. The number of carbonyl (C=O) groups is 1. The summed E-state index contributed by atoms with van der Waals surface area (Å²) in [6.07, 6.45) is 4.88. The van der Waals surface area contributed by atoms with Crippen LogP contribution in [0.3, 0.4) is 0 Å². The summed E-state index contributed by atoms with van der Waals surface area (Å²) in [5.74, 6) is 1.10. The Morgan fingerprint density at radius 1 is 1.20 bits per heavy atom. The van der Waals surface area contributed by atoms with Crippen LogP contribution in [0.2, 0.25) is 0 Å². The highest BCUT2D eigenvalue weighted by atomic mass is 16.6. The van der Waals surface area contributed by atoms with E-state index >= 15 is 0 Å². The molecule has 1 aliphatic heterocycles. The summed E-state index contributed by atoms with van der Waals surface area (Å²) in [4.78, 5) is 23.7. The molecule has 0 bridgehead atoms. The largest absolute Gasteiger partial charge is 0.496 e. The van der Waals surface area contributed by atoms with Crippen molar-refractivity contribution < 1.29 is 19.4 Å². The number of likely N-dealkylation sites (tertiary alicyclic amines) is 1. The minimum Gasteiger partial charge on any atom is -0.496 e. The number of aliphatic hydroxyl groups excluding tert-OH is 1. The van der Waals surface area contributed by atoms with Crippen molar-refractivity contribution in [2.24, 2.45) is 11.3 Å². The van der Waals surface area contributed by atoms with E-state index in [9.17, 15) is 9.90 Å². The molecule has 5 unspecified atom stereocenters. The van der Waals surface area contributed by atoms with Crippen molar-refractivity contribution in [3.63, 3.8) is 0 Å². The van der Waals surface area contributed by atoms with E-state index in [0.717, 1.165) is 67.0 Å². The van der Waals surface area contributed by atoms with Gasteiger partial charge in [-0.15, -0.1) is 6.58 Å². The Labute approximate surface area is 332 Å². The molecule has 9 nitrogen and oxygen atoms in total. The smallest absolute Gasteiger partial charge is 0.303 e. The van der Waals surface area contributed by atoms with Crippen molar-refractivity contribution in [1.29, 1.82) is 0 Å². The lowest BCUT2D eigenvalue weighted by atomic mass is 9.60. The lowest BCUT2D eigenvalue weighted by Crippen LogP contribution is -2.62. The molecular weight excluding hydrogens is 687 g/mol. The number of anilines is 1. The number of para-hydroxylation sites is 1. The first-order valence-corrected chi connectivity index (χ1v) is 20.6. The highest BCUT2D eigenvalue weighted by Gasteiger charge is 2.53. The molecule has 2 heterocycles. The number of hydrogen-bond donors (Lipinski definition) is 3. The normalized spacial score (nSPS) is 20.7. The van der Waals surface area contributed by atoms with Crippen LogP contribution >= 0.6 is 0 Å². The van der Waals surface area contributed by atoms with Crippen LogP contribution in [0.5, 0.6) is 5.75 Å². The van der Waals surface area contributed by atoms with Gasteiger partial charge in [-0.1, -0.05) is 72.7 Å². The van der Waals surface area contributed by atoms with Crippen molar-refractivity contribution in [2.75, 3.05) is 59.3 Å². The first kappa shape index (κ1) is 44.3. The van der Waals surface area contributed by atoms with Crippen LogP contribution in [0.25, 0.3) is 10.9 Å². The Morgan fingerprint density at radius 2 is 1.89 bits per heavy atom. The lowest BCUT2D eigenvalue weighted by Gasteiger charge is -2.55. The predicted octanol–water partition coefficient (Wildman–Crippen LogP) is 7.93. The molecule has 9 heteroatoms. The molecule has 1 saturated heterocycles. The number of nitrogens with one attached hydrogen (secondary N) is 2. The molecule has 2 aromatic carbocycles. The lowest BCUT2D eigenvalue weighted by molar-refractivity contribution is -0.172. The van der Waals surface area contributed by atoms with Gasteiger partial charge in [0.05, 0.1) is 18.9 Å². The first-order chi connectivity index (χ1) is 26.0. The van der Waals surface area contributed by atoms with E-state index in [1.165, 1.54) is 23.6 Å². The molecule has 55 heavy (non-hydrogen) atoms. The van der Waals surface area contributed by atoms with Crippen LogP contribution in [0.15, 0.2) is 49.1 Å². The van der Waals surface area contributed by atoms with Crippen LogP contribution in [0.1, 0.15) is 104 Å². The number of likely N-dealkylation sites (N-methyl/N-ethyl adjacent to an activating group) is 1. The Morgan fingerprint density at radius 3 is 2.44 bits per heavy atom. The van der Waals surface area contributed by atoms with E-state index < -0.39 is 29.0 Å². The van der Waals surface area contributed by atoms with Crippen molar-refractivity contribution in [3.05, 3.63) is 71.4 Å². The van der Waals surface area contributed by atoms with Crippen molar-refractivity contribution in [3.8, 4) is 5.75 Å². The molecule has 0 aliphatic carbocycles. The minimum atomic E-state index is -0.867. The van der Waals surface area contributed by atoms with E-state index in [1.807, 2.05) is 6.08 Å². The Kier molecular flexibility index (Phi) is 14.7. The van der Waals surface area contributed by atoms with Crippen molar-refractivity contribution in [1.82, 2.24) is 20.1 Å². The minimum absolute atomic E-state index is 0.0290. The molecule has 4 rings (SSSR count). The van der Waals surface area contributed by atoms with E-state index in [0.29, 0.717) is 25.3 Å². The average molecular weight is 760 g/mol. The van der Waals surface area contributed by atoms with E-state index in [1.54, 1.807) is 14.0 Å². The van der Waals surface area contributed by atoms with Gasteiger partial charge in [-0.25, -0.2) is 0 Å². The van der Waals surface area contributed by atoms with Crippen LogP contribution in [0.4, 0.5) is 5.69 Å². The zero-order valence-electron chi connectivity index (χ0n) is 36.4. The highest BCUT2D eigenvalue weighted by Crippen LogP contribution is 2.49. The number of H-pyrrole nitrogens is 1. The molecule has 0 spiro atoms. The summed E-state index contributed by atoms with van der Waals surface area (Å²) in [5.41, 5.74) is 5.93. The third kappa shape index (κ3) is 8.96. The predicted molar refractivity (Wildman–Crippen MR) is 229 cm³/mol. The molecule has 6 atom stereocenters. The van der Waals surface area contributed by atoms with Crippen LogP contribution in [-0.4, -0.2) is 104 Å². The fourth-order valence-corrected chi connectivity index (χ4v) is 10.3. The van der Waals surface area contributed by atoms with Crippen LogP contribution in [0, 0.1) is 11.3 Å². The van der Waals surface area contributed by atoms with Gasteiger partial charge in [0.25, 0.3) is 0 Å². The molecular formula is C46H73N5O4. The summed E-state index contributed by atoms with van der Waals surface area (Å²) in [6.45, 7) is 26.5. The molecule has 3 aromatic rings. The van der Waals surface area contributed by atoms with Gasteiger partial charge in [0.2, 0.25) is 0 Å². The van der Waals surface area contributed by atoms with Crippen LogP contribution in [-0.2, 0) is 27.8 Å². The van der Waals surface area contributed by atoms with Gasteiger partial charge in [-0.2, -0.15) is 0 Å². The fourth-order valence-electron chi connectivity index (χ4n) is 10.3. The molecule has 1 aliphatic rings. The fraction of sp³-hybridized carbons (Fsp3) is 0.630. The number of rotatable bonds is 20. The monoisotopic (exact) mass is 760 g/mol. The zero-order valence-corrected chi connectivity index (χ0v) is 36.4. The number of carbonyl (C=O) groups excluding carboxylic acids is 1. The van der Waals surface area contributed by atoms with Crippen molar-refractivity contribution >= 4 is 22.6 Å².